The van der Waals surface area contributed by atoms with E-state index in [4.69, 9.17) is 4.74 Å². The lowest BCUT2D eigenvalue weighted by atomic mass is 10.0. The quantitative estimate of drug-likeness (QED) is 0.920. The van der Waals surface area contributed by atoms with Crippen molar-refractivity contribution in [3.05, 3.63) is 59.7 Å². The van der Waals surface area contributed by atoms with Gasteiger partial charge in [-0.05, 0) is 41.8 Å². The molecule has 1 atom stereocenters. The van der Waals surface area contributed by atoms with E-state index in [0.717, 1.165) is 5.56 Å². The monoisotopic (exact) mass is 288 g/mol. The SMILES string of the molecule is COc1ccc(F)cc1C(=O)NC[C@@H](C)c1ccncc1. The molecular weight excluding hydrogens is 271 g/mol. The molecule has 4 nitrogen and oxygen atoms in total. The first-order valence-corrected chi connectivity index (χ1v) is 6.63. The van der Waals surface area contributed by atoms with Gasteiger partial charge in [0.25, 0.3) is 5.91 Å². The molecule has 1 aromatic heterocycles. The maximum Gasteiger partial charge on any atom is 0.255 e. The number of carbonyl (C=O) groups excluding carboxylic acids is 1. The highest BCUT2D eigenvalue weighted by atomic mass is 19.1. The van der Waals surface area contributed by atoms with Crippen LogP contribution in [0.25, 0.3) is 0 Å². The van der Waals surface area contributed by atoms with Gasteiger partial charge in [-0.15, -0.1) is 0 Å². The molecule has 1 heterocycles. The van der Waals surface area contributed by atoms with E-state index >= 15 is 0 Å². The summed E-state index contributed by atoms with van der Waals surface area (Å²) < 4.78 is 18.3. The Bertz CT molecular complexity index is 617. The first-order chi connectivity index (χ1) is 10.1. The molecule has 2 aromatic rings. The lowest BCUT2D eigenvalue weighted by Gasteiger charge is -2.14. The molecule has 0 aliphatic heterocycles. The Morgan fingerprint density at radius 2 is 2.05 bits per heavy atom. The first kappa shape index (κ1) is 15.0. The van der Waals surface area contributed by atoms with E-state index in [1.54, 1.807) is 12.4 Å². The summed E-state index contributed by atoms with van der Waals surface area (Å²) in [5, 5.41) is 2.79. The summed E-state index contributed by atoms with van der Waals surface area (Å²) >= 11 is 0. The minimum Gasteiger partial charge on any atom is -0.496 e. The van der Waals surface area contributed by atoms with Gasteiger partial charge in [-0.2, -0.15) is 0 Å². The van der Waals surface area contributed by atoms with E-state index in [-0.39, 0.29) is 17.4 Å². The number of nitrogens with one attached hydrogen (secondary N) is 1. The Balaban J connectivity index is 2.04. The van der Waals surface area contributed by atoms with E-state index in [1.807, 2.05) is 19.1 Å². The van der Waals surface area contributed by atoms with Crippen LogP contribution in [0.15, 0.2) is 42.7 Å². The molecule has 5 heteroatoms. The molecule has 0 aliphatic rings. The molecule has 0 radical (unpaired) electrons. The van der Waals surface area contributed by atoms with E-state index in [1.165, 1.54) is 25.3 Å². The standard InChI is InChI=1S/C16H17FN2O2/c1-11(12-5-7-18-8-6-12)10-19-16(20)14-9-13(17)3-4-15(14)21-2/h3-9,11H,10H2,1-2H3,(H,19,20)/t11-/m1/s1. The van der Waals surface area contributed by atoms with Gasteiger partial charge in [-0.3, -0.25) is 9.78 Å². The van der Waals surface area contributed by atoms with Gasteiger partial charge in [0.2, 0.25) is 0 Å². The molecule has 21 heavy (non-hydrogen) atoms. The molecule has 0 unspecified atom stereocenters. The summed E-state index contributed by atoms with van der Waals surface area (Å²) in [7, 11) is 1.45. The fourth-order valence-electron chi connectivity index (χ4n) is 2.01. The van der Waals surface area contributed by atoms with Crippen molar-refractivity contribution in [1.82, 2.24) is 10.3 Å². The lowest BCUT2D eigenvalue weighted by molar-refractivity contribution is 0.0948. The Kier molecular flexibility index (Phi) is 4.87. The maximum atomic E-state index is 13.3. The van der Waals surface area contributed by atoms with E-state index in [9.17, 15) is 9.18 Å². The molecular formula is C16H17FN2O2. The fourth-order valence-corrected chi connectivity index (χ4v) is 2.01. The van der Waals surface area contributed by atoms with Crippen LogP contribution in [0.4, 0.5) is 4.39 Å². The normalized spacial score (nSPS) is 11.8. The zero-order valence-corrected chi connectivity index (χ0v) is 12.0. The van der Waals surface area contributed by atoms with Crippen LogP contribution in [0.1, 0.15) is 28.8 Å². The molecule has 0 saturated carbocycles. The van der Waals surface area contributed by atoms with Gasteiger partial charge in [-0.1, -0.05) is 6.92 Å². The minimum absolute atomic E-state index is 0.136. The average Bonchev–Trinajstić information content (AvgIpc) is 2.53. The second-order valence-corrected chi connectivity index (χ2v) is 4.74. The number of methoxy groups -OCH3 is 1. The van der Waals surface area contributed by atoms with Gasteiger partial charge in [0.05, 0.1) is 12.7 Å². The summed E-state index contributed by atoms with van der Waals surface area (Å²) in [6.07, 6.45) is 3.42. The van der Waals surface area contributed by atoms with Crippen molar-refractivity contribution in [3.63, 3.8) is 0 Å². The van der Waals surface area contributed by atoms with E-state index in [2.05, 4.69) is 10.3 Å². The van der Waals surface area contributed by atoms with Crippen LogP contribution < -0.4 is 10.1 Å². The smallest absolute Gasteiger partial charge is 0.255 e. The third kappa shape index (κ3) is 3.78. The second kappa shape index (κ2) is 6.83. The summed E-state index contributed by atoms with van der Waals surface area (Å²) in [6, 6.07) is 7.68. The van der Waals surface area contributed by atoms with Crippen LogP contribution in [-0.2, 0) is 0 Å². The van der Waals surface area contributed by atoms with Gasteiger partial charge in [0, 0.05) is 18.9 Å². The van der Waals surface area contributed by atoms with E-state index in [0.29, 0.717) is 12.3 Å². The second-order valence-electron chi connectivity index (χ2n) is 4.74. The van der Waals surface area contributed by atoms with Crippen LogP contribution in [0.3, 0.4) is 0 Å². The van der Waals surface area contributed by atoms with Gasteiger partial charge in [0.15, 0.2) is 0 Å². The van der Waals surface area contributed by atoms with Crippen molar-refractivity contribution in [2.45, 2.75) is 12.8 Å². The number of hydrogen-bond acceptors (Lipinski definition) is 3. The number of ether oxygens (including phenoxy) is 1. The third-order valence-corrected chi connectivity index (χ3v) is 3.25. The third-order valence-electron chi connectivity index (χ3n) is 3.25. The number of halogens is 1. The van der Waals surface area contributed by atoms with E-state index < -0.39 is 5.82 Å². The summed E-state index contributed by atoms with van der Waals surface area (Å²) in [5.41, 5.74) is 1.27. The molecule has 0 aliphatic carbocycles. The molecule has 0 spiro atoms. The van der Waals surface area contributed by atoms with Crippen molar-refractivity contribution >= 4 is 5.91 Å². The van der Waals surface area contributed by atoms with Crippen molar-refractivity contribution in [1.29, 1.82) is 0 Å². The number of aromatic nitrogens is 1. The minimum atomic E-state index is -0.469. The lowest BCUT2D eigenvalue weighted by Crippen LogP contribution is -2.28. The number of nitrogens with zero attached hydrogens (tertiary/aromatic N) is 1. The number of amides is 1. The van der Waals surface area contributed by atoms with Crippen molar-refractivity contribution in [3.8, 4) is 5.75 Å². The van der Waals surface area contributed by atoms with Crippen LogP contribution in [0, 0.1) is 5.82 Å². The molecule has 110 valence electrons. The zero-order chi connectivity index (χ0) is 15.2. The molecule has 0 saturated heterocycles. The molecule has 0 bridgehead atoms. The topological polar surface area (TPSA) is 51.2 Å². The van der Waals surface area contributed by atoms with Gasteiger partial charge in [-0.25, -0.2) is 4.39 Å². The molecule has 1 amide bonds. The Morgan fingerprint density at radius 3 is 2.71 bits per heavy atom. The highest BCUT2D eigenvalue weighted by molar-refractivity contribution is 5.96. The average molecular weight is 288 g/mol. The Morgan fingerprint density at radius 1 is 1.33 bits per heavy atom. The fraction of sp³-hybridized carbons (Fsp3) is 0.250. The summed E-state index contributed by atoms with van der Waals surface area (Å²) in [5.74, 6) is -0.336. The number of carbonyl (C=O) groups is 1. The van der Waals surface area contributed by atoms with Gasteiger partial charge in [0.1, 0.15) is 11.6 Å². The highest BCUT2D eigenvalue weighted by Gasteiger charge is 2.14. The maximum absolute atomic E-state index is 13.3. The summed E-state index contributed by atoms with van der Waals surface area (Å²) in [4.78, 5) is 16.1. The molecule has 2 rings (SSSR count). The number of pyridine rings is 1. The van der Waals surface area contributed by atoms with Gasteiger partial charge >= 0.3 is 0 Å². The predicted molar refractivity (Wildman–Crippen MR) is 77.9 cm³/mol. The zero-order valence-electron chi connectivity index (χ0n) is 12.0. The van der Waals surface area contributed by atoms with Crippen LogP contribution >= 0.6 is 0 Å². The number of rotatable bonds is 5. The summed E-state index contributed by atoms with van der Waals surface area (Å²) in [6.45, 7) is 2.45. The number of hydrogen-bond donors (Lipinski definition) is 1. The highest BCUT2D eigenvalue weighted by Crippen LogP contribution is 2.19. The molecule has 0 fully saturated rings. The van der Waals surface area contributed by atoms with Crippen molar-refractivity contribution < 1.29 is 13.9 Å². The number of benzene rings is 1. The Hall–Kier alpha value is -2.43. The molecule has 1 N–H and O–H groups in total. The van der Waals surface area contributed by atoms with Crippen molar-refractivity contribution in [2.75, 3.05) is 13.7 Å². The Labute approximate surface area is 123 Å². The van der Waals surface area contributed by atoms with Crippen LogP contribution in [0.5, 0.6) is 5.75 Å². The molecule has 1 aromatic carbocycles. The predicted octanol–water partition coefficient (Wildman–Crippen LogP) is 2.76. The van der Waals surface area contributed by atoms with Crippen LogP contribution in [-0.4, -0.2) is 24.5 Å². The first-order valence-electron chi connectivity index (χ1n) is 6.63. The van der Waals surface area contributed by atoms with Gasteiger partial charge < -0.3 is 10.1 Å². The largest absolute Gasteiger partial charge is 0.496 e. The van der Waals surface area contributed by atoms with Crippen molar-refractivity contribution in [2.24, 2.45) is 0 Å². The van der Waals surface area contributed by atoms with Crippen LogP contribution in [0.2, 0.25) is 0 Å².